The lowest BCUT2D eigenvalue weighted by atomic mass is 9.98. The Morgan fingerprint density at radius 3 is 2.48 bits per heavy atom. The van der Waals surface area contributed by atoms with Crippen molar-refractivity contribution in [3.05, 3.63) is 59.1 Å². The smallest absolute Gasteiger partial charge is 0.253 e. The van der Waals surface area contributed by atoms with Crippen LogP contribution in [0, 0.1) is 5.92 Å². The summed E-state index contributed by atoms with van der Waals surface area (Å²) < 4.78 is 27.1. The minimum atomic E-state index is -3.71. The normalized spacial score (nSPS) is 17.5. The molecule has 2 aromatic carbocycles. The number of hydrogen-bond acceptors (Lipinski definition) is 4. The van der Waals surface area contributed by atoms with Gasteiger partial charge in [-0.25, -0.2) is 8.42 Å². The van der Waals surface area contributed by atoms with Crippen LogP contribution in [-0.2, 0) is 14.8 Å². The Labute approximate surface area is 175 Å². The van der Waals surface area contributed by atoms with Crippen LogP contribution >= 0.6 is 11.6 Å². The zero-order valence-electron chi connectivity index (χ0n) is 15.9. The molecule has 0 saturated carbocycles. The Hall–Kier alpha value is -2.42. The van der Waals surface area contributed by atoms with E-state index in [1.807, 2.05) is 0 Å². The third-order valence-corrected chi connectivity index (χ3v) is 6.99. The number of carbonyl (C=O) groups is 2. The van der Waals surface area contributed by atoms with Gasteiger partial charge < -0.3 is 10.6 Å². The number of anilines is 1. The lowest BCUT2D eigenvalue weighted by Crippen LogP contribution is -2.43. The van der Waals surface area contributed by atoms with Crippen LogP contribution in [0.1, 0.15) is 23.2 Å². The Morgan fingerprint density at radius 2 is 1.79 bits per heavy atom. The zero-order chi connectivity index (χ0) is 21.0. The van der Waals surface area contributed by atoms with Gasteiger partial charge in [0.1, 0.15) is 0 Å². The van der Waals surface area contributed by atoms with E-state index in [0.717, 1.165) is 0 Å². The summed E-state index contributed by atoms with van der Waals surface area (Å²) in [5.74, 6) is -1.13. The van der Waals surface area contributed by atoms with E-state index in [2.05, 4.69) is 10.6 Å². The Morgan fingerprint density at radius 1 is 1.10 bits per heavy atom. The molecule has 0 spiro atoms. The first kappa shape index (κ1) is 21.3. The van der Waals surface area contributed by atoms with Crippen LogP contribution in [0.15, 0.2) is 53.4 Å². The number of carbonyl (C=O) groups excluding carboxylic acids is 2. The van der Waals surface area contributed by atoms with Crippen LogP contribution in [0.25, 0.3) is 0 Å². The number of para-hydroxylation sites is 1. The number of halogens is 1. The summed E-state index contributed by atoms with van der Waals surface area (Å²) in [5, 5.41) is 5.77. The summed E-state index contributed by atoms with van der Waals surface area (Å²) in [7, 11) is -2.20. The highest BCUT2D eigenvalue weighted by Gasteiger charge is 2.33. The van der Waals surface area contributed by atoms with E-state index < -0.39 is 15.9 Å². The van der Waals surface area contributed by atoms with Crippen molar-refractivity contribution in [2.75, 3.05) is 25.5 Å². The highest BCUT2D eigenvalue weighted by molar-refractivity contribution is 7.89. The molecule has 1 fully saturated rings. The molecule has 0 bridgehead atoms. The van der Waals surface area contributed by atoms with Crippen molar-refractivity contribution in [1.82, 2.24) is 9.62 Å². The Bertz CT molecular complexity index is 1010. The van der Waals surface area contributed by atoms with Crippen molar-refractivity contribution >= 4 is 39.1 Å². The molecule has 1 heterocycles. The van der Waals surface area contributed by atoms with Crippen LogP contribution in [0.2, 0.25) is 5.02 Å². The first-order chi connectivity index (χ1) is 13.8. The molecule has 2 amide bonds. The highest BCUT2D eigenvalue weighted by Crippen LogP contribution is 2.26. The van der Waals surface area contributed by atoms with Crippen molar-refractivity contribution in [2.24, 2.45) is 5.92 Å². The van der Waals surface area contributed by atoms with E-state index >= 15 is 0 Å². The SMILES string of the molecule is CNC(=O)c1ccccc1NC(=O)C1CCCN(S(=O)(=O)c2ccc(Cl)cc2)C1. The fraction of sp³-hybridized carbons (Fsp3) is 0.300. The van der Waals surface area contributed by atoms with Crippen molar-refractivity contribution in [3.63, 3.8) is 0 Å². The maximum Gasteiger partial charge on any atom is 0.253 e. The van der Waals surface area contributed by atoms with E-state index in [-0.39, 0.29) is 23.3 Å². The predicted octanol–water partition coefficient (Wildman–Crippen LogP) is 2.74. The first-order valence-electron chi connectivity index (χ1n) is 9.20. The first-order valence-corrected chi connectivity index (χ1v) is 11.0. The lowest BCUT2D eigenvalue weighted by Gasteiger charge is -2.31. The van der Waals surface area contributed by atoms with Crippen LogP contribution in [0.4, 0.5) is 5.69 Å². The van der Waals surface area contributed by atoms with Gasteiger partial charge in [-0.2, -0.15) is 4.31 Å². The van der Waals surface area contributed by atoms with Crippen molar-refractivity contribution in [2.45, 2.75) is 17.7 Å². The maximum absolute atomic E-state index is 12.9. The van der Waals surface area contributed by atoms with E-state index in [9.17, 15) is 18.0 Å². The molecule has 1 unspecified atom stereocenters. The molecule has 29 heavy (non-hydrogen) atoms. The zero-order valence-corrected chi connectivity index (χ0v) is 17.5. The molecule has 0 aliphatic carbocycles. The average molecular weight is 436 g/mol. The van der Waals surface area contributed by atoms with E-state index in [0.29, 0.717) is 35.7 Å². The molecule has 2 aromatic rings. The number of benzene rings is 2. The Balaban J connectivity index is 1.75. The summed E-state index contributed by atoms with van der Waals surface area (Å²) >= 11 is 5.84. The molecule has 1 saturated heterocycles. The predicted molar refractivity (Wildman–Crippen MR) is 111 cm³/mol. The standard InChI is InChI=1S/C20H22ClN3O4S/c1-22-20(26)17-6-2-3-7-18(17)23-19(25)14-5-4-12-24(13-14)29(27,28)16-10-8-15(21)9-11-16/h2-3,6-11,14H,4-5,12-13H2,1H3,(H,22,26)(H,23,25). The number of nitrogens with zero attached hydrogens (tertiary/aromatic N) is 1. The van der Waals surface area contributed by atoms with Crippen LogP contribution < -0.4 is 10.6 Å². The van der Waals surface area contributed by atoms with Crippen molar-refractivity contribution in [3.8, 4) is 0 Å². The fourth-order valence-electron chi connectivity index (χ4n) is 3.29. The van der Waals surface area contributed by atoms with Gasteiger partial charge in [-0.1, -0.05) is 23.7 Å². The monoisotopic (exact) mass is 435 g/mol. The van der Waals surface area contributed by atoms with E-state index in [1.165, 1.54) is 35.6 Å². The summed E-state index contributed by atoms with van der Waals surface area (Å²) in [6.45, 7) is 0.433. The molecule has 1 atom stereocenters. The quantitative estimate of drug-likeness (QED) is 0.754. The molecule has 0 aromatic heterocycles. The van der Waals surface area contributed by atoms with Gasteiger partial charge in [0.25, 0.3) is 5.91 Å². The van der Waals surface area contributed by atoms with Gasteiger partial charge >= 0.3 is 0 Å². The van der Waals surface area contributed by atoms with Crippen LogP contribution in [0.3, 0.4) is 0 Å². The minimum Gasteiger partial charge on any atom is -0.355 e. The number of nitrogens with one attached hydrogen (secondary N) is 2. The highest BCUT2D eigenvalue weighted by atomic mass is 35.5. The average Bonchev–Trinajstić information content (AvgIpc) is 2.74. The van der Waals surface area contributed by atoms with Crippen LogP contribution in [0.5, 0.6) is 0 Å². The van der Waals surface area contributed by atoms with Crippen LogP contribution in [-0.4, -0.2) is 44.7 Å². The minimum absolute atomic E-state index is 0.0823. The number of piperidine rings is 1. The largest absolute Gasteiger partial charge is 0.355 e. The number of rotatable bonds is 5. The molecule has 1 aliphatic rings. The molecule has 3 rings (SSSR count). The second-order valence-electron chi connectivity index (χ2n) is 6.77. The molecule has 1 aliphatic heterocycles. The summed E-state index contributed by atoms with van der Waals surface area (Å²) in [5.41, 5.74) is 0.749. The number of amides is 2. The molecular weight excluding hydrogens is 414 g/mol. The molecule has 0 radical (unpaired) electrons. The van der Waals surface area contributed by atoms with Gasteiger partial charge in [0.2, 0.25) is 15.9 Å². The maximum atomic E-state index is 12.9. The topological polar surface area (TPSA) is 95.6 Å². The molecule has 7 nitrogen and oxygen atoms in total. The third-order valence-electron chi connectivity index (χ3n) is 4.86. The molecule has 2 N–H and O–H groups in total. The molecule has 154 valence electrons. The summed E-state index contributed by atoms with van der Waals surface area (Å²) in [6.07, 6.45) is 1.14. The van der Waals surface area contributed by atoms with Crippen molar-refractivity contribution < 1.29 is 18.0 Å². The van der Waals surface area contributed by atoms with E-state index in [4.69, 9.17) is 11.6 Å². The van der Waals surface area contributed by atoms with Gasteiger partial charge in [0.15, 0.2) is 0 Å². The lowest BCUT2D eigenvalue weighted by molar-refractivity contribution is -0.120. The number of hydrogen-bond donors (Lipinski definition) is 2. The van der Waals surface area contributed by atoms with Gasteiger partial charge in [0, 0.05) is 25.2 Å². The fourth-order valence-corrected chi connectivity index (χ4v) is 4.94. The third kappa shape index (κ3) is 4.77. The molecule has 9 heteroatoms. The second kappa shape index (κ2) is 8.94. The Kier molecular flexibility index (Phi) is 6.56. The molecular formula is C20H22ClN3O4S. The second-order valence-corrected chi connectivity index (χ2v) is 9.14. The van der Waals surface area contributed by atoms with Gasteiger partial charge in [-0.05, 0) is 49.2 Å². The van der Waals surface area contributed by atoms with Gasteiger partial charge in [0.05, 0.1) is 22.1 Å². The van der Waals surface area contributed by atoms with Crippen molar-refractivity contribution in [1.29, 1.82) is 0 Å². The van der Waals surface area contributed by atoms with Gasteiger partial charge in [-0.3, -0.25) is 9.59 Å². The summed E-state index contributed by atoms with van der Waals surface area (Å²) in [4.78, 5) is 24.9. The summed E-state index contributed by atoms with van der Waals surface area (Å²) in [6, 6.07) is 12.7. The van der Waals surface area contributed by atoms with Gasteiger partial charge in [-0.15, -0.1) is 0 Å². The number of sulfonamides is 1. The van der Waals surface area contributed by atoms with E-state index in [1.54, 1.807) is 24.3 Å².